The van der Waals surface area contributed by atoms with Gasteiger partial charge in [0.25, 0.3) is 0 Å². The second kappa shape index (κ2) is 5.91. The Kier molecular flexibility index (Phi) is 4.18. The number of ether oxygens (including phenoxy) is 1. The smallest absolute Gasteiger partial charge is 0.166 e. The number of carbonyl (C=O) groups excluding carboxylic acids is 1. The fraction of sp³-hybridized carbons (Fsp3) is 0.833. The lowest BCUT2D eigenvalue weighted by Gasteiger charge is -2.25. The minimum atomic E-state index is 0.303. The van der Waals surface area contributed by atoms with E-state index in [1.54, 1.807) is 0 Å². The molecule has 3 rings (SSSR count). The van der Waals surface area contributed by atoms with E-state index in [2.05, 4.69) is 13.8 Å². The number of ketones is 1. The lowest BCUT2D eigenvalue weighted by atomic mass is 9.80. The van der Waals surface area contributed by atoms with Gasteiger partial charge in [0, 0.05) is 17.4 Å². The van der Waals surface area contributed by atoms with Crippen molar-refractivity contribution >= 4 is 5.78 Å². The molecule has 2 saturated carbocycles. The van der Waals surface area contributed by atoms with Crippen LogP contribution in [0.3, 0.4) is 0 Å². The summed E-state index contributed by atoms with van der Waals surface area (Å²) in [5.74, 6) is 3.77. The van der Waals surface area contributed by atoms with E-state index in [9.17, 15) is 4.79 Å². The monoisotopic (exact) mass is 276 g/mol. The van der Waals surface area contributed by atoms with E-state index < -0.39 is 0 Å². The molecule has 0 aromatic carbocycles. The van der Waals surface area contributed by atoms with Crippen LogP contribution in [0.15, 0.2) is 11.3 Å². The van der Waals surface area contributed by atoms with E-state index in [4.69, 9.17) is 4.74 Å². The van der Waals surface area contributed by atoms with Gasteiger partial charge in [-0.2, -0.15) is 0 Å². The Balaban J connectivity index is 1.80. The summed E-state index contributed by atoms with van der Waals surface area (Å²) < 4.78 is 6.15. The summed E-state index contributed by atoms with van der Waals surface area (Å²) in [5.41, 5.74) is 1.08. The Morgan fingerprint density at radius 1 is 1.05 bits per heavy atom. The number of fused-ring (bicyclic) bond motifs is 5. The van der Waals surface area contributed by atoms with Crippen LogP contribution in [-0.2, 0) is 9.53 Å². The van der Waals surface area contributed by atoms with Crippen LogP contribution in [0.4, 0.5) is 0 Å². The van der Waals surface area contributed by atoms with Gasteiger partial charge in [0.1, 0.15) is 5.76 Å². The molecule has 0 N–H and O–H groups in total. The zero-order chi connectivity index (χ0) is 14.1. The first-order valence-electron chi connectivity index (χ1n) is 8.68. The van der Waals surface area contributed by atoms with Gasteiger partial charge in [-0.3, -0.25) is 4.79 Å². The normalized spacial score (nSPS) is 35.0. The number of carbonyl (C=O) groups is 1. The molecule has 0 spiro atoms. The maximum atomic E-state index is 12.8. The number of hydrogen-bond donors (Lipinski definition) is 0. The molecular weight excluding hydrogens is 248 g/mol. The molecule has 2 bridgehead atoms. The molecule has 20 heavy (non-hydrogen) atoms. The number of unbranched alkanes of at least 4 members (excludes halogenated alkanes) is 2. The summed E-state index contributed by atoms with van der Waals surface area (Å²) in [6.07, 6.45) is 9.36. The molecule has 0 aromatic heterocycles. The van der Waals surface area contributed by atoms with Crippen LogP contribution < -0.4 is 0 Å². The number of hydrogen-bond acceptors (Lipinski definition) is 2. The van der Waals surface area contributed by atoms with Gasteiger partial charge in [-0.25, -0.2) is 0 Å². The summed E-state index contributed by atoms with van der Waals surface area (Å²) in [6, 6.07) is 0. The second-order valence-corrected chi connectivity index (χ2v) is 6.90. The Bertz CT molecular complexity index is 410. The first-order valence-corrected chi connectivity index (χ1v) is 8.68. The van der Waals surface area contributed by atoms with Crippen molar-refractivity contribution in [1.82, 2.24) is 0 Å². The molecule has 3 aliphatic rings. The van der Waals surface area contributed by atoms with E-state index in [0.717, 1.165) is 56.0 Å². The molecule has 2 heteroatoms. The summed E-state index contributed by atoms with van der Waals surface area (Å²) in [6.45, 7) is 5.19. The lowest BCUT2D eigenvalue weighted by molar-refractivity contribution is -0.120. The third kappa shape index (κ3) is 2.21. The molecule has 0 unspecified atom stereocenters. The third-order valence-corrected chi connectivity index (χ3v) is 5.65. The van der Waals surface area contributed by atoms with Gasteiger partial charge >= 0.3 is 0 Å². The summed E-state index contributed by atoms with van der Waals surface area (Å²) in [5, 5.41) is 0. The Hall–Kier alpha value is -0.790. The molecule has 2 fully saturated rings. The predicted octanol–water partition coefficient (Wildman–Crippen LogP) is 4.49. The fourth-order valence-corrected chi connectivity index (χ4v) is 4.68. The van der Waals surface area contributed by atoms with Crippen LogP contribution in [0.25, 0.3) is 0 Å². The molecule has 3 aliphatic carbocycles. The lowest BCUT2D eigenvalue weighted by Crippen LogP contribution is -2.25. The maximum Gasteiger partial charge on any atom is 0.166 e. The highest BCUT2D eigenvalue weighted by atomic mass is 16.5. The van der Waals surface area contributed by atoms with Crippen molar-refractivity contribution in [3.8, 4) is 0 Å². The van der Waals surface area contributed by atoms with Gasteiger partial charge in [0.05, 0.1) is 6.61 Å². The predicted molar refractivity (Wildman–Crippen MR) is 80.2 cm³/mol. The Labute approximate surface area is 123 Å². The highest BCUT2D eigenvalue weighted by Crippen LogP contribution is 2.59. The highest BCUT2D eigenvalue weighted by molar-refractivity contribution is 6.01. The van der Waals surface area contributed by atoms with Crippen LogP contribution in [0, 0.1) is 23.7 Å². The van der Waals surface area contributed by atoms with E-state index >= 15 is 0 Å². The van der Waals surface area contributed by atoms with Crippen molar-refractivity contribution in [3.05, 3.63) is 11.3 Å². The molecule has 0 amide bonds. The third-order valence-electron chi connectivity index (χ3n) is 5.65. The first kappa shape index (κ1) is 14.2. The van der Waals surface area contributed by atoms with Crippen molar-refractivity contribution < 1.29 is 9.53 Å². The molecule has 0 heterocycles. The second-order valence-electron chi connectivity index (χ2n) is 6.90. The minimum Gasteiger partial charge on any atom is -0.497 e. The van der Waals surface area contributed by atoms with Crippen LogP contribution in [0.5, 0.6) is 0 Å². The van der Waals surface area contributed by atoms with Crippen LogP contribution in [0.1, 0.15) is 65.2 Å². The van der Waals surface area contributed by atoms with Crippen molar-refractivity contribution in [3.63, 3.8) is 0 Å². The van der Waals surface area contributed by atoms with Gasteiger partial charge < -0.3 is 4.74 Å². The average molecular weight is 276 g/mol. The van der Waals surface area contributed by atoms with E-state index in [1.807, 2.05) is 0 Å². The van der Waals surface area contributed by atoms with Crippen molar-refractivity contribution in [2.24, 2.45) is 23.7 Å². The molecular formula is C18H28O2. The van der Waals surface area contributed by atoms with Crippen molar-refractivity contribution in [2.75, 3.05) is 6.61 Å². The standard InChI is InChI=1S/C18H28O2/c1-3-5-7-14-17(19)15-12-8-9-13(11-12)16(15)18(14)20-10-6-4-2/h12-13,15-16H,3-11H2,1-2H3/t12-,13+,15+,16-/m0/s1. The first-order chi connectivity index (χ1) is 9.77. The van der Waals surface area contributed by atoms with Gasteiger partial charge in [-0.05, 0) is 50.4 Å². The minimum absolute atomic E-state index is 0.303. The molecule has 0 radical (unpaired) electrons. The zero-order valence-electron chi connectivity index (χ0n) is 13.0. The van der Waals surface area contributed by atoms with Gasteiger partial charge in [0.15, 0.2) is 5.78 Å². The number of allylic oxidation sites excluding steroid dienone is 2. The molecule has 0 aliphatic heterocycles. The van der Waals surface area contributed by atoms with E-state index in [-0.39, 0.29) is 0 Å². The molecule has 0 saturated heterocycles. The van der Waals surface area contributed by atoms with E-state index in [1.165, 1.54) is 19.3 Å². The SMILES string of the molecule is CCCCOC1=C(CCCC)C(=O)[C@@H]2[C@H]3CC[C@H](C3)[C@H]12. The highest BCUT2D eigenvalue weighted by Gasteiger charge is 2.57. The summed E-state index contributed by atoms with van der Waals surface area (Å²) in [7, 11) is 0. The van der Waals surface area contributed by atoms with Crippen molar-refractivity contribution in [1.29, 1.82) is 0 Å². The fourth-order valence-electron chi connectivity index (χ4n) is 4.68. The molecule has 0 aromatic rings. The van der Waals surface area contributed by atoms with Crippen LogP contribution in [-0.4, -0.2) is 12.4 Å². The Morgan fingerprint density at radius 3 is 2.45 bits per heavy atom. The maximum absolute atomic E-state index is 12.8. The molecule has 4 atom stereocenters. The molecule has 112 valence electrons. The summed E-state index contributed by atoms with van der Waals surface area (Å²) in [4.78, 5) is 12.8. The van der Waals surface area contributed by atoms with Crippen molar-refractivity contribution in [2.45, 2.75) is 65.2 Å². The van der Waals surface area contributed by atoms with Crippen LogP contribution in [0.2, 0.25) is 0 Å². The van der Waals surface area contributed by atoms with Gasteiger partial charge in [-0.1, -0.05) is 26.7 Å². The number of rotatable bonds is 7. The topological polar surface area (TPSA) is 26.3 Å². The quantitative estimate of drug-likeness (QED) is 0.640. The van der Waals surface area contributed by atoms with Crippen LogP contribution >= 0.6 is 0 Å². The zero-order valence-corrected chi connectivity index (χ0v) is 13.0. The van der Waals surface area contributed by atoms with Gasteiger partial charge in [-0.15, -0.1) is 0 Å². The average Bonchev–Trinajstić information content (AvgIpc) is 3.11. The number of Topliss-reactive ketones (excluding diaryl/α,β-unsaturated/α-hetero) is 1. The summed E-state index contributed by atoms with van der Waals surface area (Å²) >= 11 is 0. The van der Waals surface area contributed by atoms with E-state index in [0.29, 0.717) is 23.5 Å². The van der Waals surface area contributed by atoms with Gasteiger partial charge in [0.2, 0.25) is 0 Å². The molecule has 2 nitrogen and oxygen atoms in total. The Morgan fingerprint density at radius 2 is 1.75 bits per heavy atom. The largest absolute Gasteiger partial charge is 0.497 e.